The molecule has 0 bridgehead atoms. The van der Waals surface area contributed by atoms with Gasteiger partial charge in [-0.15, -0.1) is 0 Å². The summed E-state index contributed by atoms with van der Waals surface area (Å²) in [5, 5.41) is 40.3. The van der Waals surface area contributed by atoms with Gasteiger partial charge in [-0.1, -0.05) is 97.3 Å². The average Bonchev–Trinajstić information content (AvgIpc) is 3.21. The molecule has 0 saturated heterocycles. The maximum Gasteiger partial charge on any atom is 0.326 e. The van der Waals surface area contributed by atoms with Crippen LogP contribution in [0.1, 0.15) is 194 Å². The van der Waals surface area contributed by atoms with E-state index < -0.39 is 36.0 Å². The quantitative estimate of drug-likeness (QED) is 0.0277. The van der Waals surface area contributed by atoms with Crippen molar-refractivity contribution < 1.29 is 48.9 Å². The van der Waals surface area contributed by atoms with Gasteiger partial charge >= 0.3 is 17.9 Å². The van der Waals surface area contributed by atoms with Crippen LogP contribution in [0.5, 0.6) is 0 Å². The van der Waals surface area contributed by atoms with Crippen LogP contribution in [0.25, 0.3) is 0 Å². The highest BCUT2D eigenvalue weighted by Crippen LogP contribution is 2.14. The molecule has 0 aliphatic carbocycles. The Labute approximate surface area is 361 Å². The maximum absolute atomic E-state index is 12.3. The molecular weight excluding hydrogens is 771 g/mol. The van der Waals surface area contributed by atoms with Crippen LogP contribution in [-0.2, 0) is 33.6 Å². The van der Waals surface area contributed by atoms with E-state index in [0.29, 0.717) is 83.8 Å². The summed E-state index contributed by atoms with van der Waals surface area (Å²) in [6.07, 6.45) is 21.4. The number of hydrogen-bond donors (Lipinski definition) is 9. The lowest BCUT2D eigenvalue weighted by Crippen LogP contribution is -2.41. The third-order valence-corrected chi connectivity index (χ3v) is 10.1. The van der Waals surface area contributed by atoms with E-state index in [9.17, 15) is 38.7 Å². The number of hydrogen-bond acceptors (Lipinski definition) is 9. The number of aliphatic carboxylic acids is 3. The van der Waals surface area contributed by atoms with Crippen LogP contribution in [0.3, 0.4) is 0 Å². The third kappa shape index (κ3) is 38.5. The molecule has 0 aromatic rings. The Balaban J connectivity index is 0. The molecule has 10 N–H and O–H groups in total. The highest BCUT2D eigenvalue weighted by atomic mass is 16.4. The summed E-state index contributed by atoms with van der Waals surface area (Å²) in [4.78, 5) is 82.0. The average molecular weight is 853 g/mol. The van der Waals surface area contributed by atoms with Gasteiger partial charge in [0.25, 0.3) is 0 Å². The molecule has 2 radical (unpaired) electrons. The molecule has 60 heavy (non-hydrogen) atoms. The van der Waals surface area contributed by atoms with Gasteiger partial charge in [-0.25, -0.2) is 4.79 Å². The molecule has 4 amide bonds. The van der Waals surface area contributed by atoms with E-state index in [1.807, 2.05) is 13.8 Å². The fraction of sp³-hybridized carbons (Fsp3) is 0.837. The molecule has 16 nitrogen and oxygen atoms in total. The van der Waals surface area contributed by atoms with Gasteiger partial charge in [0.05, 0.1) is 12.1 Å². The predicted octanol–water partition coefficient (Wildman–Crippen LogP) is 5.39. The van der Waals surface area contributed by atoms with Crippen LogP contribution in [0.4, 0.5) is 0 Å². The predicted molar refractivity (Wildman–Crippen MR) is 235 cm³/mol. The van der Waals surface area contributed by atoms with E-state index in [-0.39, 0.29) is 49.3 Å². The van der Waals surface area contributed by atoms with E-state index in [4.69, 9.17) is 23.9 Å². The Morgan fingerprint density at radius 1 is 0.450 bits per heavy atom. The minimum absolute atomic E-state index is 0.00986. The van der Waals surface area contributed by atoms with Crippen molar-refractivity contribution >= 4 is 49.5 Å². The summed E-state index contributed by atoms with van der Waals surface area (Å²) in [6.45, 7) is 5.28. The molecule has 3 atom stereocenters. The van der Waals surface area contributed by atoms with Crippen molar-refractivity contribution in [1.29, 1.82) is 0 Å². The zero-order valence-corrected chi connectivity index (χ0v) is 37.0. The number of carbonyl (C=O) groups is 7. The number of unbranched alkanes of at least 4 members (excludes halogenated alkanes) is 17. The summed E-state index contributed by atoms with van der Waals surface area (Å²) in [5.74, 6) is -3.85. The van der Waals surface area contributed by atoms with Crippen molar-refractivity contribution in [3.8, 4) is 0 Å². The number of amides is 4. The zero-order valence-electron chi connectivity index (χ0n) is 37.0. The number of nitrogens with one attached hydrogen (secondary N) is 5. The summed E-state index contributed by atoms with van der Waals surface area (Å²) < 4.78 is 0. The number of nitrogens with two attached hydrogens (primary N) is 1. The monoisotopic (exact) mass is 853 g/mol. The fourth-order valence-electron chi connectivity index (χ4n) is 6.42. The van der Waals surface area contributed by atoms with E-state index >= 15 is 0 Å². The van der Waals surface area contributed by atoms with Crippen molar-refractivity contribution in [2.24, 2.45) is 5.73 Å². The molecular formula is C43H81BN6O10. The molecule has 0 heterocycles. The second-order valence-corrected chi connectivity index (χ2v) is 15.3. The van der Waals surface area contributed by atoms with Crippen molar-refractivity contribution in [3.63, 3.8) is 0 Å². The van der Waals surface area contributed by atoms with Gasteiger partial charge in [0.2, 0.25) is 23.6 Å². The molecule has 2 unspecified atom stereocenters. The van der Waals surface area contributed by atoms with Crippen molar-refractivity contribution in [3.05, 3.63) is 0 Å². The second-order valence-electron chi connectivity index (χ2n) is 15.3. The molecule has 0 fully saturated rings. The topological polar surface area (TPSA) is 266 Å². The summed E-state index contributed by atoms with van der Waals surface area (Å²) in [6, 6.07) is -2.61. The first-order valence-corrected chi connectivity index (χ1v) is 22.9. The summed E-state index contributed by atoms with van der Waals surface area (Å²) in [7, 11) is 5.19. The van der Waals surface area contributed by atoms with E-state index in [1.165, 1.54) is 44.9 Å². The fourth-order valence-corrected chi connectivity index (χ4v) is 6.42. The van der Waals surface area contributed by atoms with Crippen LogP contribution in [0.15, 0.2) is 0 Å². The second kappa shape index (κ2) is 42.0. The van der Waals surface area contributed by atoms with Gasteiger partial charge in [-0.3, -0.25) is 28.8 Å². The van der Waals surface area contributed by atoms with Crippen LogP contribution < -0.4 is 32.2 Å². The van der Waals surface area contributed by atoms with Crippen LogP contribution >= 0.6 is 0 Å². The smallest absolute Gasteiger partial charge is 0.326 e. The zero-order chi connectivity index (χ0) is 45.2. The standard InChI is InChI=1S/C41H75BN6O10.C2H6/c42-48-34(41(57)58)23-18-21-30-44-35(49)24-15-13-19-31-46-39(54)32(43)22-17-20-29-45-36(50)28-27-33(40(55)56)47-37(51)25-14-11-9-7-5-3-1-2-4-6-8-10-12-16-26-38(52)53;1-2/h32-34,48H,1-31,43H2,(H,44,49)(H,45,50)(H,46,54)(H,47,51)(H,52,53)(H,55,56)(H,57,58);1-2H3/t32?,33-,34?;/m0./s1. The normalized spacial score (nSPS) is 12.2. The van der Waals surface area contributed by atoms with Gasteiger partial charge in [-0.2, -0.15) is 0 Å². The molecule has 0 aromatic heterocycles. The first-order chi connectivity index (χ1) is 28.9. The SMILES string of the molecule is CC.[B]NC(CCCCNC(=O)CCCCCNC(=O)C(N)CCCCNC(=O)CC[C@H](NC(=O)CCCCCCCCCCCCCCCCC(=O)O)C(=O)O)C(=O)O. The van der Waals surface area contributed by atoms with Crippen LogP contribution in [0, 0.1) is 0 Å². The Hall–Kier alpha value is -3.73. The molecule has 0 aromatic carbocycles. The van der Waals surface area contributed by atoms with Crippen LogP contribution in [-0.4, -0.2) is 103 Å². The number of carboxylic acid groups (broad SMARTS) is 3. The molecule has 0 rings (SSSR count). The lowest BCUT2D eigenvalue weighted by atomic mass is 10.0. The minimum Gasteiger partial charge on any atom is -0.481 e. The number of carbonyl (C=O) groups excluding carboxylic acids is 4. The maximum atomic E-state index is 12.3. The van der Waals surface area contributed by atoms with E-state index in [0.717, 1.165) is 44.9 Å². The third-order valence-electron chi connectivity index (χ3n) is 10.1. The molecule has 0 spiro atoms. The van der Waals surface area contributed by atoms with Crippen LogP contribution in [0.2, 0.25) is 0 Å². The number of carboxylic acids is 3. The van der Waals surface area contributed by atoms with Crippen molar-refractivity contribution in [2.75, 3.05) is 19.6 Å². The largest absolute Gasteiger partial charge is 0.481 e. The highest BCUT2D eigenvalue weighted by Gasteiger charge is 2.21. The molecule has 0 aliphatic rings. The van der Waals surface area contributed by atoms with E-state index in [1.54, 1.807) is 0 Å². The van der Waals surface area contributed by atoms with Crippen molar-refractivity contribution in [1.82, 2.24) is 26.5 Å². The molecule has 0 saturated carbocycles. The Morgan fingerprint density at radius 2 is 0.833 bits per heavy atom. The minimum atomic E-state index is -1.17. The van der Waals surface area contributed by atoms with Gasteiger partial charge in [-0.05, 0) is 70.6 Å². The Bertz CT molecular complexity index is 1170. The van der Waals surface area contributed by atoms with Gasteiger partial charge in [0.15, 0.2) is 7.98 Å². The van der Waals surface area contributed by atoms with E-state index in [2.05, 4.69) is 26.5 Å². The molecule has 17 heteroatoms. The lowest BCUT2D eigenvalue weighted by Gasteiger charge is -2.15. The van der Waals surface area contributed by atoms with Gasteiger partial charge < -0.3 is 47.5 Å². The lowest BCUT2D eigenvalue weighted by molar-refractivity contribution is -0.142. The Kier molecular flexibility index (Phi) is 40.8. The highest BCUT2D eigenvalue weighted by molar-refractivity contribution is 6.06. The number of rotatable bonds is 41. The summed E-state index contributed by atoms with van der Waals surface area (Å²) >= 11 is 0. The van der Waals surface area contributed by atoms with Gasteiger partial charge in [0.1, 0.15) is 6.04 Å². The van der Waals surface area contributed by atoms with Crippen molar-refractivity contribution in [2.45, 2.75) is 212 Å². The summed E-state index contributed by atoms with van der Waals surface area (Å²) in [5.41, 5.74) is 6.00. The first-order valence-electron chi connectivity index (χ1n) is 22.9. The molecule has 346 valence electrons. The van der Waals surface area contributed by atoms with Gasteiger partial charge in [0, 0.05) is 45.3 Å². The Morgan fingerprint density at radius 3 is 1.30 bits per heavy atom. The first kappa shape index (κ1) is 58.4. The molecule has 0 aliphatic heterocycles.